The molecule has 0 unspecified atom stereocenters. The van der Waals surface area contributed by atoms with Crippen LogP contribution in [-0.2, 0) is 6.54 Å². The summed E-state index contributed by atoms with van der Waals surface area (Å²) < 4.78 is 0.771. The molecule has 1 aromatic carbocycles. The molecule has 0 saturated carbocycles. The fourth-order valence-electron chi connectivity index (χ4n) is 1.87. The number of hydrogen-bond donors (Lipinski definition) is 2. The van der Waals surface area contributed by atoms with Crippen molar-refractivity contribution < 1.29 is 0 Å². The average Bonchev–Trinajstić information content (AvgIpc) is 2.41. The van der Waals surface area contributed by atoms with Crippen LogP contribution in [0.5, 0.6) is 0 Å². The molecule has 0 saturated heterocycles. The molecule has 0 aliphatic rings. The van der Waals surface area contributed by atoms with Gasteiger partial charge in [-0.15, -0.1) is 0 Å². The number of hydrogen-bond acceptors (Lipinski definition) is 3. The highest BCUT2D eigenvalue weighted by atomic mass is 79.9. The second-order valence-electron chi connectivity index (χ2n) is 5.24. The number of H-pyrrole nitrogens is 1. The summed E-state index contributed by atoms with van der Waals surface area (Å²) in [6.45, 7) is 5.73. The lowest BCUT2D eigenvalue weighted by Gasteiger charge is -2.08. The van der Waals surface area contributed by atoms with Gasteiger partial charge >= 0.3 is 0 Å². The van der Waals surface area contributed by atoms with E-state index >= 15 is 0 Å². The Labute approximate surface area is 137 Å². The third-order valence-electron chi connectivity index (χ3n) is 2.85. The molecule has 0 aliphatic carbocycles. The smallest absolute Gasteiger partial charge is 0.251 e. The third-order valence-corrected chi connectivity index (χ3v) is 4.06. The van der Waals surface area contributed by atoms with Gasteiger partial charge < -0.3 is 10.3 Å². The normalized spacial score (nSPS) is 11.1. The van der Waals surface area contributed by atoms with E-state index in [2.05, 4.69) is 45.1 Å². The van der Waals surface area contributed by atoms with E-state index in [1.54, 1.807) is 6.07 Å². The molecular weight excluding hydrogens is 354 g/mol. The second-order valence-corrected chi connectivity index (χ2v) is 6.50. The van der Waals surface area contributed by atoms with Gasteiger partial charge in [0.15, 0.2) is 0 Å². The maximum atomic E-state index is 11.8. The van der Waals surface area contributed by atoms with Crippen molar-refractivity contribution in [3.63, 3.8) is 0 Å². The Bertz CT molecular complexity index is 685. The van der Waals surface area contributed by atoms with Crippen LogP contribution in [-0.4, -0.2) is 16.5 Å². The van der Waals surface area contributed by atoms with Crippen molar-refractivity contribution in [2.45, 2.75) is 20.4 Å². The van der Waals surface area contributed by atoms with Crippen LogP contribution in [0.2, 0.25) is 5.02 Å². The van der Waals surface area contributed by atoms with E-state index in [1.165, 1.54) is 6.07 Å². The van der Waals surface area contributed by atoms with Crippen molar-refractivity contribution in [2.75, 3.05) is 6.54 Å². The van der Waals surface area contributed by atoms with E-state index in [0.717, 1.165) is 22.3 Å². The van der Waals surface area contributed by atoms with Gasteiger partial charge in [-0.3, -0.25) is 4.79 Å². The molecular formula is C15H17BrClN3O. The summed E-state index contributed by atoms with van der Waals surface area (Å²) in [5.74, 6) is 1.10. The number of nitrogens with one attached hydrogen (secondary N) is 2. The lowest BCUT2D eigenvalue weighted by molar-refractivity contribution is 0.548. The van der Waals surface area contributed by atoms with E-state index in [9.17, 15) is 4.79 Å². The number of halogens is 2. The maximum Gasteiger partial charge on any atom is 0.251 e. The summed E-state index contributed by atoms with van der Waals surface area (Å²) in [4.78, 5) is 19.0. The van der Waals surface area contributed by atoms with Gasteiger partial charge in [-0.25, -0.2) is 4.98 Å². The highest BCUT2D eigenvalue weighted by molar-refractivity contribution is 9.10. The Morgan fingerprint density at radius 1 is 1.38 bits per heavy atom. The zero-order valence-corrected chi connectivity index (χ0v) is 14.3. The first kappa shape index (κ1) is 16.2. The number of nitrogens with zero attached hydrogens (tertiary/aromatic N) is 1. The van der Waals surface area contributed by atoms with Gasteiger partial charge in [0, 0.05) is 22.6 Å². The summed E-state index contributed by atoms with van der Waals surface area (Å²) in [6.07, 6.45) is 0. The fourth-order valence-corrected chi connectivity index (χ4v) is 2.36. The Hall–Kier alpha value is -1.17. The Kier molecular flexibility index (Phi) is 5.56. The maximum absolute atomic E-state index is 11.8. The van der Waals surface area contributed by atoms with Crippen molar-refractivity contribution in [1.82, 2.24) is 15.3 Å². The van der Waals surface area contributed by atoms with Crippen LogP contribution in [0, 0.1) is 5.92 Å². The SMILES string of the molecule is CC(C)CNCc1cc(=O)[nH]c(-c2ccc(Cl)c(Br)c2)n1. The Morgan fingerprint density at radius 2 is 2.14 bits per heavy atom. The van der Waals surface area contributed by atoms with Crippen molar-refractivity contribution in [3.05, 3.63) is 49.8 Å². The van der Waals surface area contributed by atoms with E-state index in [4.69, 9.17) is 11.6 Å². The van der Waals surface area contributed by atoms with Crippen LogP contribution in [0.4, 0.5) is 0 Å². The van der Waals surface area contributed by atoms with E-state index in [0.29, 0.717) is 23.3 Å². The molecule has 4 nitrogen and oxygen atoms in total. The van der Waals surface area contributed by atoms with Gasteiger partial charge in [0.25, 0.3) is 5.56 Å². The first-order valence-electron chi connectivity index (χ1n) is 6.72. The molecule has 0 spiro atoms. The van der Waals surface area contributed by atoms with Crippen LogP contribution in [0.25, 0.3) is 11.4 Å². The Morgan fingerprint density at radius 3 is 2.81 bits per heavy atom. The van der Waals surface area contributed by atoms with Crippen molar-refractivity contribution in [1.29, 1.82) is 0 Å². The van der Waals surface area contributed by atoms with Crippen LogP contribution in [0.3, 0.4) is 0 Å². The molecule has 2 rings (SSSR count). The largest absolute Gasteiger partial charge is 0.311 e. The first-order chi connectivity index (χ1) is 9.95. The van der Waals surface area contributed by atoms with Gasteiger partial charge in [0.05, 0.1) is 10.7 Å². The molecule has 1 heterocycles. The monoisotopic (exact) mass is 369 g/mol. The Balaban J connectivity index is 2.25. The molecule has 112 valence electrons. The quantitative estimate of drug-likeness (QED) is 0.845. The molecule has 0 fully saturated rings. The van der Waals surface area contributed by atoms with Crippen LogP contribution in [0.15, 0.2) is 33.5 Å². The minimum atomic E-state index is -0.160. The van der Waals surface area contributed by atoms with Crippen molar-refractivity contribution >= 4 is 27.5 Å². The molecule has 0 atom stereocenters. The minimum absolute atomic E-state index is 0.160. The minimum Gasteiger partial charge on any atom is -0.311 e. The summed E-state index contributed by atoms with van der Waals surface area (Å²) in [7, 11) is 0. The van der Waals surface area contributed by atoms with Crippen molar-refractivity contribution in [3.8, 4) is 11.4 Å². The first-order valence-corrected chi connectivity index (χ1v) is 7.89. The van der Waals surface area contributed by atoms with Crippen molar-refractivity contribution in [2.24, 2.45) is 5.92 Å². The number of aromatic amines is 1. The van der Waals surface area contributed by atoms with Gasteiger partial charge in [-0.2, -0.15) is 0 Å². The average molecular weight is 371 g/mol. The second kappa shape index (κ2) is 7.20. The topological polar surface area (TPSA) is 57.8 Å². The third kappa shape index (κ3) is 4.66. The lowest BCUT2D eigenvalue weighted by atomic mass is 10.2. The van der Waals surface area contributed by atoms with Crippen LogP contribution >= 0.6 is 27.5 Å². The molecule has 0 bridgehead atoms. The molecule has 2 aromatic rings. The van der Waals surface area contributed by atoms with Gasteiger partial charge in [-0.1, -0.05) is 25.4 Å². The van der Waals surface area contributed by atoms with Crippen LogP contribution in [0.1, 0.15) is 19.5 Å². The molecule has 0 amide bonds. The summed E-state index contributed by atoms with van der Waals surface area (Å²) in [6, 6.07) is 6.95. The molecule has 1 aromatic heterocycles. The highest BCUT2D eigenvalue weighted by Crippen LogP contribution is 2.26. The molecule has 6 heteroatoms. The zero-order chi connectivity index (χ0) is 15.4. The van der Waals surface area contributed by atoms with Crippen LogP contribution < -0.4 is 10.9 Å². The molecule has 2 N–H and O–H groups in total. The standard InChI is InChI=1S/C15H17BrClN3O/c1-9(2)7-18-8-11-6-14(21)20-15(19-11)10-3-4-13(17)12(16)5-10/h3-6,9,18H,7-8H2,1-2H3,(H,19,20,21). The predicted octanol–water partition coefficient (Wildman–Crippen LogP) is 3.60. The predicted molar refractivity (Wildman–Crippen MR) is 89.5 cm³/mol. The highest BCUT2D eigenvalue weighted by Gasteiger charge is 2.06. The number of rotatable bonds is 5. The van der Waals surface area contributed by atoms with Gasteiger partial charge in [0.1, 0.15) is 5.82 Å². The number of benzene rings is 1. The van der Waals surface area contributed by atoms with E-state index in [-0.39, 0.29) is 5.56 Å². The molecule has 21 heavy (non-hydrogen) atoms. The van der Waals surface area contributed by atoms with E-state index in [1.807, 2.05) is 12.1 Å². The number of aromatic nitrogens is 2. The fraction of sp³-hybridized carbons (Fsp3) is 0.333. The summed E-state index contributed by atoms with van der Waals surface area (Å²) in [5, 5.41) is 3.90. The van der Waals surface area contributed by atoms with Gasteiger partial charge in [0.2, 0.25) is 0 Å². The molecule has 0 aliphatic heterocycles. The summed E-state index contributed by atoms with van der Waals surface area (Å²) in [5.41, 5.74) is 1.38. The van der Waals surface area contributed by atoms with Gasteiger partial charge in [-0.05, 0) is 46.6 Å². The zero-order valence-electron chi connectivity index (χ0n) is 11.9. The van der Waals surface area contributed by atoms with E-state index < -0.39 is 0 Å². The molecule has 0 radical (unpaired) electrons. The summed E-state index contributed by atoms with van der Waals surface area (Å²) >= 11 is 9.35. The lowest BCUT2D eigenvalue weighted by Crippen LogP contribution is -2.21.